The van der Waals surface area contributed by atoms with Gasteiger partial charge in [0.1, 0.15) is 11.6 Å². The number of carboxylic acid groups (broad SMARTS) is 1. The predicted molar refractivity (Wildman–Crippen MR) is 140 cm³/mol. The minimum Gasteiger partial charge on any atom is -0.496 e. The van der Waals surface area contributed by atoms with Crippen LogP contribution in [0.25, 0.3) is 22.0 Å². The minimum atomic E-state index is -0.931. The molecule has 1 aliphatic rings. The highest BCUT2D eigenvalue weighted by Crippen LogP contribution is 2.38. The van der Waals surface area contributed by atoms with Crippen LogP contribution in [0, 0.1) is 12.7 Å². The molecule has 0 atom stereocenters. The summed E-state index contributed by atoms with van der Waals surface area (Å²) in [6.07, 6.45) is 2.71. The van der Waals surface area contributed by atoms with E-state index in [4.69, 9.17) is 4.74 Å². The monoisotopic (exact) mass is 500 g/mol. The third-order valence-electron chi connectivity index (χ3n) is 7.17. The van der Waals surface area contributed by atoms with Crippen LogP contribution in [0.5, 0.6) is 5.75 Å². The lowest BCUT2D eigenvalue weighted by Crippen LogP contribution is -2.37. The van der Waals surface area contributed by atoms with Crippen molar-refractivity contribution < 1.29 is 23.8 Å². The smallest absolute Gasteiger partial charge is 0.307 e. The number of rotatable bonds is 7. The number of aliphatic carboxylic acids is 1. The molecule has 0 saturated heterocycles. The van der Waals surface area contributed by atoms with Gasteiger partial charge in [0.05, 0.1) is 13.5 Å². The van der Waals surface area contributed by atoms with Gasteiger partial charge in [0.2, 0.25) is 5.91 Å². The number of para-hydroxylation sites is 1. The molecule has 1 amide bonds. The van der Waals surface area contributed by atoms with E-state index in [1.54, 1.807) is 36.3 Å². The van der Waals surface area contributed by atoms with Crippen LogP contribution in [0.15, 0.2) is 60.8 Å². The number of hydrogen-bond donors (Lipinski definition) is 1. The summed E-state index contributed by atoms with van der Waals surface area (Å²) in [4.78, 5) is 26.4. The largest absolute Gasteiger partial charge is 0.496 e. The number of nitrogens with zero attached hydrogens (tertiary/aromatic N) is 2. The van der Waals surface area contributed by atoms with Gasteiger partial charge in [-0.15, -0.1) is 0 Å². The molecule has 1 N–H and O–H groups in total. The van der Waals surface area contributed by atoms with Crippen LogP contribution in [-0.4, -0.2) is 40.1 Å². The van der Waals surface area contributed by atoms with Crippen molar-refractivity contribution in [3.63, 3.8) is 0 Å². The first kappa shape index (κ1) is 24.6. The van der Waals surface area contributed by atoms with Crippen molar-refractivity contribution in [2.24, 2.45) is 0 Å². The molecule has 190 valence electrons. The molecule has 0 unspecified atom stereocenters. The van der Waals surface area contributed by atoms with E-state index in [1.165, 1.54) is 17.0 Å². The topological polar surface area (TPSA) is 71.8 Å². The molecule has 1 aliphatic heterocycles. The fourth-order valence-corrected chi connectivity index (χ4v) is 5.34. The molecule has 3 aromatic carbocycles. The van der Waals surface area contributed by atoms with Gasteiger partial charge in [-0.2, -0.15) is 0 Å². The van der Waals surface area contributed by atoms with Crippen molar-refractivity contribution in [3.05, 3.63) is 88.9 Å². The number of aryl methyl sites for hydroxylation is 2. The Bertz CT molecular complexity index is 1510. The molecule has 2 heterocycles. The Morgan fingerprint density at radius 3 is 2.65 bits per heavy atom. The summed E-state index contributed by atoms with van der Waals surface area (Å²) >= 11 is 0. The van der Waals surface area contributed by atoms with E-state index in [0.29, 0.717) is 54.9 Å². The first-order valence-electron chi connectivity index (χ1n) is 12.4. The molecule has 7 heteroatoms. The van der Waals surface area contributed by atoms with Gasteiger partial charge >= 0.3 is 5.97 Å². The number of hydrogen-bond acceptors (Lipinski definition) is 3. The Morgan fingerprint density at radius 2 is 1.86 bits per heavy atom. The second kappa shape index (κ2) is 10.1. The van der Waals surface area contributed by atoms with Gasteiger partial charge in [0, 0.05) is 48.7 Å². The van der Waals surface area contributed by atoms with Crippen molar-refractivity contribution in [1.29, 1.82) is 0 Å². The Labute approximate surface area is 214 Å². The van der Waals surface area contributed by atoms with Gasteiger partial charge in [-0.3, -0.25) is 9.59 Å². The summed E-state index contributed by atoms with van der Waals surface area (Å²) in [5, 5.41) is 10.4. The van der Waals surface area contributed by atoms with Crippen LogP contribution in [0.1, 0.15) is 28.7 Å². The molecule has 6 nitrogen and oxygen atoms in total. The van der Waals surface area contributed by atoms with Gasteiger partial charge < -0.3 is 19.3 Å². The molecule has 5 rings (SSSR count). The summed E-state index contributed by atoms with van der Waals surface area (Å²) in [7, 11) is 1.55. The lowest BCUT2D eigenvalue weighted by Gasteiger charge is -2.31. The molecular formula is C30H29FN2O4. The SMILES string of the molecule is COc1ccc(CC(=O)O)cc1-c1ccc(F)c2c1CN(C(=O)CCn1cc(C)c3ccccc31)CC2. The number of carboxylic acids is 1. The Morgan fingerprint density at radius 1 is 1.05 bits per heavy atom. The van der Waals surface area contributed by atoms with Gasteiger partial charge in [0.15, 0.2) is 0 Å². The standard InChI is InChI=1S/C30H29FN2O4/c1-19-17-32(27-6-4-3-5-21(19)27)14-12-29(34)33-13-11-23-25(18-33)22(8-9-26(23)31)24-15-20(16-30(35)36)7-10-28(24)37-2/h3-10,15,17H,11-14,16,18H2,1-2H3,(H,35,36). The number of carbonyl (C=O) groups excluding carboxylic acids is 1. The van der Waals surface area contributed by atoms with Gasteiger partial charge in [-0.05, 0) is 65.4 Å². The molecule has 0 radical (unpaired) electrons. The van der Waals surface area contributed by atoms with Crippen molar-refractivity contribution in [1.82, 2.24) is 9.47 Å². The first-order chi connectivity index (χ1) is 17.9. The molecule has 0 fully saturated rings. The number of ether oxygens (including phenoxy) is 1. The van der Waals surface area contributed by atoms with Gasteiger partial charge in [-0.1, -0.05) is 30.3 Å². The summed E-state index contributed by atoms with van der Waals surface area (Å²) in [5.41, 5.74) is 5.70. The zero-order valence-electron chi connectivity index (χ0n) is 21.0. The average molecular weight is 501 g/mol. The maximum Gasteiger partial charge on any atom is 0.307 e. The summed E-state index contributed by atoms with van der Waals surface area (Å²) in [5.74, 6) is -0.635. The second-order valence-corrected chi connectivity index (χ2v) is 9.50. The van der Waals surface area contributed by atoms with E-state index >= 15 is 0 Å². The maximum atomic E-state index is 14.8. The van der Waals surface area contributed by atoms with E-state index in [9.17, 15) is 19.1 Å². The average Bonchev–Trinajstić information content (AvgIpc) is 3.22. The van der Waals surface area contributed by atoms with E-state index in [-0.39, 0.29) is 18.1 Å². The first-order valence-corrected chi connectivity index (χ1v) is 12.4. The molecule has 1 aromatic heterocycles. The van der Waals surface area contributed by atoms with Crippen LogP contribution in [0.3, 0.4) is 0 Å². The number of benzene rings is 3. The van der Waals surface area contributed by atoms with E-state index < -0.39 is 5.97 Å². The zero-order chi connectivity index (χ0) is 26.1. The van der Waals surface area contributed by atoms with Gasteiger partial charge in [0.25, 0.3) is 0 Å². The third-order valence-corrected chi connectivity index (χ3v) is 7.17. The fraction of sp³-hybridized carbons (Fsp3) is 0.267. The van der Waals surface area contributed by atoms with E-state index in [1.807, 2.05) is 12.1 Å². The van der Waals surface area contributed by atoms with Crippen molar-refractivity contribution in [2.45, 2.75) is 39.3 Å². The highest BCUT2D eigenvalue weighted by Gasteiger charge is 2.26. The number of aromatic nitrogens is 1. The Balaban J connectivity index is 1.42. The second-order valence-electron chi connectivity index (χ2n) is 9.50. The maximum absolute atomic E-state index is 14.8. The molecule has 0 spiro atoms. The summed E-state index contributed by atoms with van der Waals surface area (Å²) in [6.45, 7) is 3.38. The quantitative estimate of drug-likeness (QED) is 0.371. The van der Waals surface area contributed by atoms with Crippen molar-refractivity contribution in [2.75, 3.05) is 13.7 Å². The molecule has 37 heavy (non-hydrogen) atoms. The van der Waals surface area contributed by atoms with Crippen LogP contribution in [-0.2, 0) is 35.5 Å². The highest BCUT2D eigenvalue weighted by atomic mass is 19.1. The zero-order valence-corrected chi connectivity index (χ0v) is 21.0. The third kappa shape index (κ3) is 4.81. The van der Waals surface area contributed by atoms with Crippen molar-refractivity contribution >= 4 is 22.8 Å². The lowest BCUT2D eigenvalue weighted by molar-refractivity contribution is -0.136. The van der Waals surface area contributed by atoms with Crippen LogP contribution < -0.4 is 4.74 Å². The fourth-order valence-electron chi connectivity index (χ4n) is 5.34. The Kier molecular flexibility index (Phi) is 6.70. The van der Waals surface area contributed by atoms with Crippen LogP contribution >= 0.6 is 0 Å². The number of methoxy groups -OCH3 is 1. The van der Waals surface area contributed by atoms with Crippen LogP contribution in [0.2, 0.25) is 0 Å². The normalized spacial score (nSPS) is 13.0. The summed E-state index contributed by atoms with van der Waals surface area (Å²) < 4.78 is 22.5. The van der Waals surface area contributed by atoms with E-state index in [2.05, 4.69) is 29.8 Å². The number of fused-ring (bicyclic) bond motifs is 2. The van der Waals surface area contributed by atoms with Crippen LogP contribution in [0.4, 0.5) is 4.39 Å². The summed E-state index contributed by atoms with van der Waals surface area (Å²) in [6, 6.07) is 16.5. The number of carbonyl (C=O) groups is 2. The molecule has 0 aliphatic carbocycles. The number of halogens is 1. The molecular weight excluding hydrogens is 471 g/mol. The minimum absolute atomic E-state index is 0.0166. The Hall–Kier alpha value is -4.13. The number of amides is 1. The molecule has 0 bridgehead atoms. The lowest BCUT2D eigenvalue weighted by atomic mass is 9.89. The van der Waals surface area contributed by atoms with Gasteiger partial charge in [-0.25, -0.2) is 4.39 Å². The van der Waals surface area contributed by atoms with E-state index in [0.717, 1.165) is 16.6 Å². The highest BCUT2D eigenvalue weighted by molar-refractivity contribution is 5.84. The van der Waals surface area contributed by atoms with Crippen molar-refractivity contribution in [3.8, 4) is 16.9 Å². The molecule has 0 saturated carbocycles. The molecule has 4 aromatic rings. The predicted octanol–water partition coefficient (Wildman–Crippen LogP) is 5.37.